The summed E-state index contributed by atoms with van der Waals surface area (Å²) in [4.78, 5) is 3.74. The summed E-state index contributed by atoms with van der Waals surface area (Å²) >= 11 is 5.52. The summed E-state index contributed by atoms with van der Waals surface area (Å²) < 4.78 is 13.2. The van der Waals surface area contributed by atoms with Crippen LogP contribution in [0.5, 0.6) is 0 Å². The highest BCUT2D eigenvalue weighted by Gasteiger charge is 2.08. The van der Waals surface area contributed by atoms with Gasteiger partial charge in [0.15, 0.2) is 11.6 Å². The van der Waals surface area contributed by atoms with E-state index in [1.165, 1.54) is 12.3 Å². The van der Waals surface area contributed by atoms with Crippen molar-refractivity contribution in [2.75, 3.05) is 11.9 Å². The second kappa shape index (κ2) is 4.93. The Morgan fingerprint density at radius 3 is 3.00 bits per heavy atom. The number of hydrogen-bond acceptors (Lipinski definition) is 3. The molecular formula is C9H10ClFN2O. The number of nitrogens with one attached hydrogen (secondary N) is 1. The van der Waals surface area contributed by atoms with Gasteiger partial charge in [-0.1, -0.05) is 17.7 Å². The first-order chi connectivity index (χ1) is 6.67. The molecule has 1 atom stereocenters. The number of aliphatic hydroxyl groups is 1. The van der Waals surface area contributed by atoms with Crippen LogP contribution in [-0.2, 0) is 0 Å². The Morgan fingerprint density at radius 2 is 2.50 bits per heavy atom. The van der Waals surface area contributed by atoms with Crippen molar-refractivity contribution < 1.29 is 9.50 Å². The van der Waals surface area contributed by atoms with Crippen LogP contribution in [-0.4, -0.2) is 22.7 Å². The third kappa shape index (κ3) is 2.68. The molecule has 0 radical (unpaired) electrons. The Hall–Kier alpha value is -1.13. The molecule has 0 saturated heterocycles. The normalized spacial score (nSPS) is 12.2. The summed E-state index contributed by atoms with van der Waals surface area (Å²) in [7, 11) is 0. The molecule has 1 aromatic heterocycles. The van der Waals surface area contributed by atoms with E-state index in [4.69, 9.17) is 16.7 Å². The molecule has 76 valence electrons. The van der Waals surface area contributed by atoms with E-state index in [1.54, 1.807) is 0 Å². The molecule has 1 aromatic rings. The quantitative estimate of drug-likeness (QED) is 0.755. The average Bonchev–Trinajstić information content (AvgIpc) is 2.17. The van der Waals surface area contributed by atoms with Gasteiger partial charge < -0.3 is 10.4 Å². The van der Waals surface area contributed by atoms with Gasteiger partial charge in [-0.2, -0.15) is 0 Å². The molecule has 3 nitrogen and oxygen atoms in total. The van der Waals surface area contributed by atoms with E-state index >= 15 is 0 Å². The topological polar surface area (TPSA) is 45.1 Å². The standard InChI is InChI=1S/C9H10ClFN2O/c1-2-7(5-14)13-9-8(11)3-6(10)4-12-9/h2-4,7,14H,1,5H2,(H,12,13). The van der Waals surface area contributed by atoms with Crippen molar-refractivity contribution in [1.29, 1.82) is 0 Å². The lowest BCUT2D eigenvalue weighted by atomic mass is 10.3. The number of rotatable bonds is 4. The highest BCUT2D eigenvalue weighted by atomic mass is 35.5. The largest absolute Gasteiger partial charge is 0.394 e. The minimum absolute atomic E-state index is 0.0494. The molecular weight excluding hydrogens is 207 g/mol. The SMILES string of the molecule is C=CC(CO)Nc1ncc(Cl)cc1F. The van der Waals surface area contributed by atoms with Crippen LogP contribution in [0.4, 0.5) is 10.2 Å². The Labute approximate surface area is 86.2 Å². The Kier molecular flexibility index (Phi) is 3.85. The van der Waals surface area contributed by atoms with Gasteiger partial charge in [-0.05, 0) is 6.07 Å². The molecule has 0 saturated carbocycles. The Morgan fingerprint density at radius 1 is 1.79 bits per heavy atom. The van der Waals surface area contributed by atoms with Crippen LogP contribution >= 0.6 is 11.6 Å². The second-order valence-electron chi connectivity index (χ2n) is 2.65. The molecule has 0 bridgehead atoms. The summed E-state index contributed by atoms with van der Waals surface area (Å²) in [5.74, 6) is -0.508. The predicted octanol–water partition coefficient (Wildman–Crippen LogP) is 1.83. The van der Waals surface area contributed by atoms with E-state index < -0.39 is 11.9 Å². The van der Waals surface area contributed by atoms with Crippen LogP contribution in [0.3, 0.4) is 0 Å². The number of halogens is 2. The number of nitrogens with zero attached hydrogens (tertiary/aromatic N) is 1. The zero-order valence-corrected chi connectivity index (χ0v) is 8.13. The van der Waals surface area contributed by atoms with Crippen LogP contribution in [0.1, 0.15) is 0 Å². The maximum Gasteiger partial charge on any atom is 0.166 e. The molecule has 0 amide bonds. The van der Waals surface area contributed by atoms with Crippen LogP contribution < -0.4 is 5.32 Å². The number of aromatic nitrogens is 1. The summed E-state index contributed by atoms with van der Waals surface area (Å²) in [6.07, 6.45) is 2.79. The van der Waals surface area contributed by atoms with Gasteiger partial charge in [-0.3, -0.25) is 0 Å². The van der Waals surface area contributed by atoms with Crippen LogP contribution in [0.2, 0.25) is 5.02 Å². The highest BCUT2D eigenvalue weighted by molar-refractivity contribution is 6.30. The van der Waals surface area contributed by atoms with Gasteiger partial charge in [0.25, 0.3) is 0 Å². The summed E-state index contributed by atoms with van der Waals surface area (Å²) in [6.45, 7) is 3.30. The van der Waals surface area contributed by atoms with Crippen LogP contribution in [0, 0.1) is 5.82 Å². The number of pyridine rings is 1. The van der Waals surface area contributed by atoms with E-state index in [1.807, 2.05) is 0 Å². The molecule has 0 aliphatic heterocycles. The van der Waals surface area contributed by atoms with E-state index in [2.05, 4.69) is 16.9 Å². The van der Waals surface area contributed by atoms with E-state index in [0.29, 0.717) is 0 Å². The van der Waals surface area contributed by atoms with Gasteiger partial charge in [0.05, 0.1) is 17.7 Å². The van der Waals surface area contributed by atoms with E-state index in [9.17, 15) is 4.39 Å². The van der Waals surface area contributed by atoms with Gasteiger partial charge in [-0.15, -0.1) is 6.58 Å². The van der Waals surface area contributed by atoms with Crippen molar-refractivity contribution in [2.45, 2.75) is 6.04 Å². The van der Waals surface area contributed by atoms with Crippen molar-refractivity contribution >= 4 is 17.4 Å². The van der Waals surface area contributed by atoms with Crippen molar-refractivity contribution in [3.8, 4) is 0 Å². The van der Waals surface area contributed by atoms with E-state index in [0.717, 1.165) is 6.07 Å². The van der Waals surface area contributed by atoms with Crippen molar-refractivity contribution in [1.82, 2.24) is 4.98 Å². The van der Waals surface area contributed by atoms with Crippen molar-refractivity contribution in [2.24, 2.45) is 0 Å². The molecule has 0 spiro atoms. The van der Waals surface area contributed by atoms with Gasteiger partial charge in [0, 0.05) is 6.20 Å². The van der Waals surface area contributed by atoms with Gasteiger partial charge in [0.1, 0.15) is 0 Å². The fourth-order valence-corrected chi connectivity index (χ4v) is 1.02. The Bertz CT molecular complexity index is 333. The third-order valence-corrected chi connectivity index (χ3v) is 1.82. The minimum atomic E-state index is -0.558. The van der Waals surface area contributed by atoms with Crippen LogP contribution in [0.15, 0.2) is 24.9 Å². The van der Waals surface area contributed by atoms with Gasteiger partial charge in [-0.25, -0.2) is 9.37 Å². The highest BCUT2D eigenvalue weighted by Crippen LogP contribution is 2.16. The summed E-state index contributed by atoms with van der Waals surface area (Å²) in [5.41, 5.74) is 0. The zero-order chi connectivity index (χ0) is 10.6. The molecule has 0 aromatic carbocycles. The second-order valence-corrected chi connectivity index (χ2v) is 3.09. The first-order valence-electron chi connectivity index (χ1n) is 3.98. The summed E-state index contributed by atoms with van der Waals surface area (Å²) in [5, 5.41) is 11.7. The lowest BCUT2D eigenvalue weighted by molar-refractivity contribution is 0.290. The third-order valence-electron chi connectivity index (χ3n) is 1.61. The van der Waals surface area contributed by atoms with Crippen molar-refractivity contribution in [3.63, 3.8) is 0 Å². The lowest BCUT2D eigenvalue weighted by Crippen LogP contribution is -2.22. The molecule has 14 heavy (non-hydrogen) atoms. The molecule has 1 heterocycles. The summed E-state index contributed by atoms with van der Waals surface area (Å²) in [6, 6.07) is 0.729. The van der Waals surface area contributed by atoms with E-state index in [-0.39, 0.29) is 17.4 Å². The molecule has 1 rings (SSSR count). The number of anilines is 1. The van der Waals surface area contributed by atoms with Gasteiger partial charge in [0.2, 0.25) is 0 Å². The molecule has 1 unspecified atom stereocenters. The average molecular weight is 217 g/mol. The molecule has 0 aliphatic rings. The fraction of sp³-hybridized carbons (Fsp3) is 0.222. The first-order valence-corrected chi connectivity index (χ1v) is 4.36. The van der Waals surface area contributed by atoms with Gasteiger partial charge >= 0.3 is 0 Å². The first kappa shape index (κ1) is 10.9. The lowest BCUT2D eigenvalue weighted by Gasteiger charge is -2.12. The maximum atomic E-state index is 13.2. The van der Waals surface area contributed by atoms with Crippen molar-refractivity contribution in [3.05, 3.63) is 35.8 Å². The molecule has 0 fully saturated rings. The monoisotopic (exact) mass is 216 g/mol. The van der Waals surface area contributed by atoms with Crippen LogP contribution in [0.25, 0.3) is 0 Å². The number of hydrogen-bond donors (Lipinski definition) is 2. The Balaban J connectivity index is 2.80. The minimum Gasteiger partial charge on any atom is -0.394 e. The fourth-order valence-electron chi connectivity index (χ4n) is 0.875. The maximum absolute atomic E-state index is 13.2. The molecule has 2 N–H and O–H groups in total. The predicted molar refractivity (Wildman–Crippen MR) is 53.9 cm³/mol. The number of aliphatic hydroxyl groups excluding tert-OH is 1. The molecule has 5 heteroatoms. The zero-order valence-electron chi connectivity index (χ0n) is 7.37. The molecule has 0 aliphatic carbocycles. The smallest absolute Gasteiger partial charge is 0.166 e.